The highest BCUT2D eigenvalue weighted by Crippen LogP contribution is 2.33. The normalized spacial score (nSPS) is 22.4. The van der Waals surface area contributed by atoms with E-state index in [0.717, 1.165) is 38.4 Å². The molecule has 0 aromatic heterocycles. The Morgan fingerprint density at radius 2 is 1.94 bits per heavy atom. The van der Waals surface area contributed by atoms with Crippen molar-refractivity contribution in [2.24, 2.45) is 17.6 Å². The van der Waals surface area contributed by atoms with Gasteiger partial charge < -0.3 is 35.8 Å². The average Bonchev–Trinajstić information content (AvgIpc) is 3.10. The summed E-state index contributed by atoms with van der Waals surface area (Å²) in [7, 11) is 0. The van der Waals surface area contributed by atoms with Crippen LogP contribution in [0.3, 0.4) is 0 Å². The number of hydrogen-bond donors (Lipinski definition) is 4. The number of carbonyl (C=O) groups excluding carboxylic acids is 1. The molecule has 11 heteroatoms. The Bertz CT molecular complexity index is 833. The minimum atomic E-state index is -1.18. The second-order valence-corrected chi connectivity index (χ2v) is 9.69. The lowest BCUT2D eigenvalue weighted by atomic mass is 9.88. The van der Waals surface area contributed by atoms with Crippen LogP contribution in [0.1, 0.15) is 50.2 Å². The number of ether oxygens (including phenoxy) is 2. The molecule has 2 aliphatic rings. The van der Waals surface area contributed by atoms with Gasteiger partial charge in [0.25, 0.3) is 0 Å². The number of benzene rings is 1. The van der Waals surface area contributed by atoms with Crippen molar-refractivity contribution in [2.75, 3.05) is 46.0 Å². The van der Waals surface area contributed by atoms with Crippen LogP contribution in [-0.4, -0.2) is 74.2 Å². The summed E-state index contributed by atoms with van der Waals surface area (Å²) in [6.45, 7) is 2.81. The second kappa shape index (κ2) is 14.3. The molecule has 202 valence electrons. The summed E-state index contributed by atoms with van der Waals surface area (Å²) in [6, 6.07) is 2.82. The Morgan fingerprint density at radius 1 is 1.17 bits per heavy atom. The van der Waals surface area contributed by atoms with E-state index in [-0.39, 0.29) is 31.1 Å². The van der Waals surface area contributed by atoms with Gasteiger partial charge in [0, 0.05) is 57.4 Å². The quantitative estimate of drug-likeness (QED) is 0.357. The van der Waals surface area contributed by atoms with Gasteiger partial charge in [-0.05, 0) is 55.7 Å². The maximum Gasteiger partial charge on any atom is 0.404 e. The molecule has 3 rings (SSSR count). The van der Waals surface area contributed by atoms with Crippen LogP contribution in [0.4, 0.5) is 18.4 Å². The first-order valence-electron chi connectivity index (χ1n) is 12.7. The molecule has 5 N–H and O–H groups in total. The molecular formula is C25H38F2N4O5. The average molecular weight is 513 g/mol. The molecule has 0 spiro atoms. The number of halogens is 2. The van der Waals surface area contributed by atoms with E-state index in [1.54, 1.807) is 4.90 Å². The molecule has 0 radical (unpaired) electrons. The van der Waals surface area contributed by atoms with Gasteiger partial charge in [0.2, 0.25) is 0 Å². The van der Waals surface area contributed by atoms with Crippen molar-refractivity contribution in [3.63, 3.8) is 0 Å². The summed E-state index contributed by atoms with van der Waals surface area (Å²) in [6.07, 6.45) is 3.59. The smallest absolute Gasteiger partial charge is 0.404 e. The van der Waals surface area contributed by atoms with Crippen LogP contribution in [-0.2, 0) is 9.47 Å². The van der Waals surface area contributed by atoms with Gasteiger partial charge in [0.1, 0.15) is 11.6 Å². The van der Waals surface area contributed by atoms with Gasteiger partial charge in [-0.15, -0.1) is 0 Å². The lowest BCUT2D eigenvalue weighted by molar-refractivity contribution is -0.00867. The van der Waals surface area contributed by atoms with Crippen molar-refractivity contribution in [1.29, 1.82) is 0 Å². The summed E-state index contributed by atoms with van der Waals surface area (Å²) in [5.41, 5.74) is 6.60. The van der Waals surface area contributed by atoms with Crippen LogP contribution in [0.15, 0.2) is 18.2 Å². The molecule has 2 aliphatic heterocycles. The van der Waals surface area contributed by atoms with Crippen molar-refractivity contribution in [3.8, 4) is 0 Å². The van der Waals surface area contributed by atoms with Crippen molar-refractivity contribution in [1.82, 2.24) is 15.5 Å². The summed E-state index contributed by atoms with van der Waals surface area (Å²) in [4.78, 5) is 25.3. The van der Waals surface area contributed by atoms with E-state index in [1.807, 2.05) is 0 Å². The fourth-order valence-corrected chi connectivity index (χ4v) is 5.03. The molecular weight excluding hydrogens is 474 g/mol. The van der Waals surface area contributed by atoms with Crippen LogP contribution in [0.2, 0.25) is 0 Å². The highest BCUT2D eigenvalue weighted by Gasteiger charge is 2.32. The number of nitrogens with two attached hydrogens (primary N) is 1. The van der Waals surface area contributed by atoms with Crippen molar-refractivity contribution >= 4 is 12.1 Å². The zero-order valence-corrected chi connectivity index (χ0v) is 20.6. The van der Waals surface area contributed by atoms with Gasteiger partial charge in [-0.2, -0.15) is 0 Å². The lowest BCUT2D eigenvalue weighted by Gasteiger charge is -2.37. The van der Waals surface area contributed by atoms with Gasteiger partial charge in [-0.25, -0.2) is 18.4 Å². The van der Waals surface area contributed by atoms with Gasteiger partial charge in [0.05, 0.1) is 12.7 Å². The number of carboxylic acid groups (broad SMARTS) is 1. The number of likely N-dealkylation sites (tertiary alicyclic amines) is 1. The Labute approximate surface area is 210 Å². The van der Waals surface area contributed by atoms with Crippen molar-refractivity contribution < 1.29 is 33.0 Å². The van der Waals surface area contributed by atoms with E-state index in [4.69, 9.17) is 20.3 Å². The third-order valence-corrected chi connectivity index (χ3v) is 6.72. The standard InChI is InChI=1S/C25H38F2N4O5/c26-20-11-19(12-21(27)13-20)23(36-9-6-29-25(33)34)18-5-3-7-31(15-18)24(32)30-14-22(28)10-17-4-1-2-8-35-16-17/h11-13,17-18,22-23,29H,1-10,14-16,28H2,(H,30,32)(H,33,34)/t17-,18-,22+,23-/m1/s1. The molecule has 36 heavy (non-hydrogen) atoms. The highest BCUT2D eigenvalue weighted by molar-refractivity contribution is 5.74. The van der Waals surface area contributed by atoms with E-state index in [9.17, 15) is 18.4 Å². The maximum atomic E-state index is 13.9. The molecule has 0 saturated carbocycles. The maximum absolute atomic E-state index is 13.9. The van der Waals surface area contributed by atoms with Gasteiger partial charge >= 0.3 is 12.1 Å². The predicted octanol–water partition coefficient (Wildman–Crippen LogP) is 3.25. The van der Waals surface area contributed by atoms with Crippen LogP contribution < -0.4 is 16.4 Å². The van der Waals surface area contributed by atoms with Crippen LogP contribution in [0, 0.1) is 23.5 Å². The zero-order chi connectivity index (χ0) is 25.9. The highest BCUT2D eigenvalue weighted by atomic mass is 19.1. The van der Waals surface area contributed by atoms with Crippen LogP contribution in [0.25, 0.3) is 0 Å². The number of nitrogens with zero attached hydrogens (tertiary/aromatic N) is 1. The van der Waals surface area contributed by atoms with Gasteiger partial charge in [0.15, 0.2) is 0 Å². The molecule has 1 aromatic carbocycles. The largest absolute Gasteiger partial charge is 0.465 e. The lowest BCUT2D eigenvalue weighted by Crippen LogP contribution is -2.49. The first-order valence-corrected chi connectivity index (χ1v) is 12.7. The molecule has 2 heterocycles. The number of nitrogens with one attached hydrogen (secondary N) is 2. The SMILES string of the molecule is N[C@H](CNC(=O)N1CCC[C@@H]([C@@H](OCCNC(=O)O)c2cc(F)cc(F)c2)C1)C[C@H]1CCCCOC1. The fraction of sp³-hybridized carbons (Fsp3) is 0.680. The molecule has 0 bridgehead atoms. The summed E-state index contributed by atoms with van der Waals surface area (Å²) < 4.78 is 39.4. The van der Waals surface area contributed by atoms with Gasteiger partial charge in [-0.3, -0.25) is 0 Å². The fourth-order valence-electron chi connectivity index (χ4n) is 5.03. The molecule has 0 unspecified atom stereocenters. The molecule has 1 aromatic rings. The number of amides is 3. The number of rotatable bonds is 10. The second-order valence-electron chi connectivity index (χ2n) is 9.69. The van der Waals surface area contributed by atoms with Crippen LogP contribution in [0.5, 0.6) is 0 Å². The minimum absolute atomic E-state index is 0.0253. The molecule has 3 amide bonds. The third-order valence-electron chi connectivity index (χ3n) is 6.72. The van der Waals surface area contributed by atoms with E-state index < -0.39 is 23.8 Å². The van der Waals surface area contributed by atoms with Gasteiger partial charge in [-0.1, -0.05) is 6.42 Å². The number of carbonyl (C=O) groups is 2. The van der Waals surface area contributed by atoms with Crippen molar-refractivity contribution in [3.05, 3.63) is 35.4 Å². The van der Waals surface area contributed by atoms with E-state index in [0.29, 0.717) is 50.6 Å². The monoisotopic (exact) mass is 512 g/mol. The Hall–Kier alpha value is -2.50. The van der Waals surface area contributed by atoms with Crippen LogP contribution >= 0.6 is 0 Å². The number of hydrogen-bond acceptors (Lipinski definition) is 5. The summed E-state index contributed by atoms with van der Waals surface area (Å²) in [5, 5.41) is 13.9. The Kier molecular flexibility index (Phi) is 11.1. The third kappa shape index (κ3) is 9.18. The number of piperidine rings is 1. The first kappa shape index (κ1) is 28.1. The summed E-state index contributed by atoms with van der Waals surface area (Å²) >= 11 is 0. The van der Waals surface area contributed by atoms with E-state index in [2.05, 4.69) is 10.6 Å². The molecule has 2 fully saturated rings. The Morgan fingerprint density at radius 3 is 2.69 bits per heavy atom. The molecule has 2 saturated heterocycles. The summed E-state index contributed by atoms with van der Waals surface area (Å²) in [5.74, 6) is -1.26. The number of urea groups is 1. The molecule has 4 atom stereocenters. The Balaban J connectivity index is 1.57. The molecule has 0 aliphatic carbocycles. The first-order chi connectivity index (χ1) is 17.3. The van der Waals surface area contributed by atoms with E-state index >= 15 is 0 Å². The molecule has 9 nitrogen and oxygen atoms in total. The zero-order valence-electron chi connectivity index (χ0n) is 20.6. The van der Waals surface area contributed by atoms with Crippen molar-refractivity contribution in [2.45, 2.75) is 50.7 Å². The minimum Gasteiger partial charge on any atom is -0.465 e. The predicted molar refractivity (Wildman–Crippen MR) is 130 cm³/mol. The van der Waals surface area contributed by atoms with E-state index in [1.165, 1.54) is 12.1 Å². The topological polar surface area (TPSA) is 126 Å².